The predicted molar refractivity (Wildman–Crippen MR) is 102 cm³/mol. The lowest BCUT2D eigenvalue weighted by Crippen LogP contribution is -2.16. The third-order valence-electron chi connectivity index (χ3n) is 4.43. The van der Waals surface area contributed by atoms with E-state index in [-0.39, 0.29) is 12.7 Å². The number of hydrogen-bond acceptors (Lipinski definition) is 4. The normalized spacial score (nSPS) is 13.4. The van der Waals surface area contributed by atoms with Crippen LogP contribution in [0, 0.1) is 13.8 Å². The average molecular weight is 366 g/mol. The molecule has 1 aliphatic heterocycles. The molecule has 3 aromatic rings. The number of amides is 1. The molecule has 1 aliphatic rings. The van der Waals surface area contributed by atoms with E-state index in [2.05, 4.69) is 37.6 Å². The maximum absolute atomic E-state index is 12.7. The number of ether oxygens (including phenoxy) is 2. The molecule has 0 spiro atoms. The number of rotatable bonds is 3. The quantitative estimate of drug-likeness (QED) is 0.659. The first-order valence-corrected chi connectivity index (χ1v) is 9.08. The summed E-state index contributed by atoms with van der Waals surface area (Å²) in [4.78, 5) is 17.7. The monoisotopic (exact) mass is 366 g/mol. The van der Waals surface area contributed by atoms with Gasteiger partial charge in [0.2, 0.25) is 6.79 Å². The van der Waals surface area contributed by atoms with Crippen LogP contribution in [0.1, 0.15) is 21.5 Å². The van der Waals surface area contributed by atoms with Crippen LogP contribution in [0.25, 0.3) is 10.2 Å². The molecule has 5 nitrogen and oxygen atoms in total. The summed E-state index contributed by atoms with van der Waals surface area (Å²) in [6.07, 6.45) is 1.81. The number of allylic oxidation sites excluding steroid dienone is 1. The Bertz CT molecular complexity index is 1110. The van der Waals surface area contributed by atoms with Crippen LogP contribution in [0.15, 0.2) is 48.0 Å². The Labute approximate surface area is 154 Å². The number of thiazole rings is 1. The fourth-order valence-electron chi connectivity index (χ4n) is 2.89. The van der Waals surface area contributed by atoms with E-state index < -0.39 is 0 Å². The molecule has 6 heteroatoms. The maximum atomic E-state index is 12.7. The number of hydrogen-bond donors (Lipinski definition) is 0. The van der Waals surface area contributed by atoms with Crippen LogP contribution in [-0.2, 0) is 6.54 Å². The highest BCUT2D eigenvalue weighted by molar-refractivity contribution is 7.16. The third-order valence-corrected chi connectivity index (χ3v) is 5.47. The van der Waals surface area contributed by atoms with Gasteiger partial charge in [-0.05, 0) is 55.3 Å². The third kappa shape index (κ3) is 2.82. The summed E-state index contributed by atoms with van der Waals surface area (Å²) in [5.74, 6) is 0.921. The van der Waals surface area contributed by atoms with Crippen molar-refractivity contribution >= 4 is 27.5 Å². The summed E-state index contributed by atoms with van der Waals surface area (Å²) < 4.78 is 13.8. The first kappa shape index (κ1) is 16.6. The molecule has 0 fully saturated rings. The molecule has 132 valence electrons. The summed E-state index contributed by atoms with van der Waals surface area (Å²) in [5.41, 5.74) is 3.97. The summed E-state index contributed by atoms with van der Waals surface area (Å²) >= 11 is 1.51. The molecule has 1 amide bonds. The Morgan fingerprint density at radius 1 is 1.23 bits per heavy atom. The molecule has 4 rings (SSSR count). The maximum Gasteiger partial charge on any atom is 0.279 e. The van der Waals surface area contributed by atoms with Gasteiger partial charge in [-0.15, -0.1) is 6.58 Å². The van der Waals surface area contributed by atoms with Crippen molar-refractivity contribution < 1.29 is 14.3 Å². The first-order chi connectivity index (χ1) is 12.6. The average Bonchev–Trinajstić information content (AvgIpc) is 3.21. The van der Waals surface area contributed by atoms with E-state index in [1.54, 1.807) is 18.2 Å². The van der Waals surface area contributed by atoms with Crippen molar-refractivity contribution in [2.24, 2.45) is 4.99 Å². The molecule has 0 radical (unpaired) electrons. The van der Waals surface area contributed by atoms with Crippen molar-refractivity contribution in [3.63, 3.8) is 0 Å². The largest absolute Gasteiger partial charge is 0.454 e. The van der Waals surface area contributed by atoms with Gasteiger partial charge < -0.3 is 14.0 Å². The van der Waals surface area contributed by atoms with Gasteiger partial charge in [0.15, 0.2) is 16.3 Å². The highest BCUT2D eigenvalue weighted by Gasteiger charge is 2.16. The lowest BCUT2D eigenvalue weighted by atomic mass is 10.1. The van der Waals surface area contributed by atoms with Crippen molar-refractivity contribution in [3.8, 4) is 11.5 Å². The van der Waals surface area contributed by atoms with Gasteiger partial charge in [-0.1, -0.05) is 17.4 Å². The zero-order valence-corrected chi connectivity index (χ0v) is 15.4. The summed E-state index contributed by atoms with van der Waals surface area (Å²) in [7, 11) is 0. The summed E-state index contributed by atoms with van der Waals surface area (Å²) in [5, 5.41) is 0. The molecular weight excluding hydrogens is 348 g/mol. The molecule has 0 atom stereocenters. The second kappa shape index (κ2) is 6.46. The van der Waals surface area contributed by atoms with E-state index in [1.807, 2.05) is 10.6 Å². The zero-order chi connectivity index (χ0) is 18.3. The van der Waals surface area contributed by atoms with Crippen molar-refractivity contribution in [3.05, 3.63) is 64.5 Å². The van der Waals surface area contributed by atoms with Gasteiger partial charge in [-0.2, -0.15) is 4.99 Å². The van der Waals surface area contributed by atoms with Gasteiger partial charge in [0, 0.05) is 12.1 Å². The molecule has 0 N–H and O–H groups in total. The number of benzene rings is 2. The minimum absolute atomic E-state index is 0.179. The number of nitrogens with zero attached hydrogens (tertiary/aromatic N) is 2. The van der Waals surface area contributed by atoms with Crippen molar-refractivity contribution in [1.82, 2.24) is 4.57 Å². The number of fused-ring (bicyclic) bond motifs is 2. The molecule has 0 bridgehead atoms. The Hall–Kier alpha value is -2.86. The fourth-order valence-corrected chi connectivity index (χ4v) is 4.01. The highest BCUT2D eigenvalue weighted by atomic mass is 32.1. The van der Waals surface area contributed by atoms with Crippen molar-refractivity contribution in [2.75, 3.05) is 6.79 Å². The van der Waals surface area contributed by atoms with Crippen LogP contribution in [0.2, 0.25) is 0 Å². The first-order valence-electron chi connectivity index (χ1n) is 8.27. The lowest BCUT2D eigenvalue weighted by Gasteiger charge is -2.04. The van der Waals surface area contributed by atoms with Gasteiger partial charge >= 0.3 is 0 Å². The molecule has 0 saturated carbocycles. The van der Waals surface area contributed by atoms with Gasteiger partial charge in [-0.3, -0.25) is 4.79 Å². The highest BCUT2D eigenvalue weighted by Crippen LogP contribution is 2.32. The second-order valence-corrected chi connectivity index (χ2v) is 7.18. The standard InChI is InChI=1S/C20H18N2O3S/c1-4-7-22-15-8-12(2)13(3)9-18(15)26-20(22)21-19(23)14-5-6-16-17(10-14)25-11-24-16/h4-6,8-10H,1,7,11H2,2-3H3. The number of carbonyl (C=O) groups is 1. The lowest BCUT2D eigenvalue weighted by molar-refractivity contribution is 0.0997. The van der Waals surface area contributed by atoms with E-state index in [9.17, 15) is 4.79 Å². The molecule has 2 heterocycles. The topological polar surface area (TPSA) is 52.8 Å². The summed E-state index contributed by atoms with van der Waals surface area (Å²) in [6.45, 7) is 8.77. The van der Waals surface area contributed by atoms with Crippen molar-refractivity contribution in [2.45, 2.75) is 20.4 Å². The van der Waals surface area contributed by atoms with Crippen LogP contribution < -0.4 is 14.3 Å². The van der Waals surface area contributed by atoms with Crippen LogP contribution in [-0.4, -0.2) is 17.3 Å². The predicted octanol–water partition coefficient (Wildman–Crippen LogP) is 3.98. The smallest absolute Gasteiger partial charge is 0.279 e. The van der Waals surface area contributed by atoms with Gasteiger partial charge in [-0.25, -0.2) is 0 Å². The molecule has 1 aromatic heterocycles. The Balaban J connectivity index is 1.83. The fraction of sp³-hybridized carbons (Fsp3) is 0.200. The molecular formula is C20H18N2O3S. The molecule has 0 aliphatic carbocycles. The molecule has 0 unspecified atom stereocenters. The molecule has 0 saturated heterocycles. The minimum Gasteiger partial charge on any atom is -0.454 e. The number of aryl methyl sites for hydroxylation is 2. The van der Waals surface area contributed by atoms with E-state index in [0.29, 0.717) is 28.4 Å². The Morgan fingerprint density at radius 2 is 2.00 bits per heavy atom. The van der Waals surface area contributed by atoms with E-state index in [0.717, 1.165) is 10.2 Å². The number of aromatic nitrogens is 1. The zero-order valence-electron chi connectivity index (χ0n) is 14.6. The number of carbonyl (C=O) groups excluding carboxylic acids is 1. The van der Waals surface area contributed by atoms with E-state index >= 15 is 0 Å². The van der Waals surface area contributed by atoms with Crippen LogP contribution in [0.4, 0.5) is 0 Å². The van der Waals surface area contributed by atoms with Gasteiger partial charge in [0.1, 0.15) is 0 Å². The molecule has 2 aromatic carbocycles. The SMILES string of the molecule is C=CCn1c(=NC(=O)c2ccc3c(c2)OCO3)sc2cc(C)c(C)cc21. The Kier molecular flexibility index (Phi) is 4.12. The van der Waals surface area contributed by atoms with Gasteiger partial charge in [0.05, 0.1) is 10.2 Å². The van der Waals surface area contributed by atoms with E-state index in [1.165, 1.54) is 22.5 Å². The minimum atomic E-state index is -0.305. The Morgan fingerprint density at radius 3 is 2.81 bits per heavy atom. The van der Waals surface area contributed by atoms with Crippen molar-refractivity contribution in [1.29, 1.82) is 0 Å². The van der Waals surface area contributed by atoms with Crippen LogP contribution in [0.5, 0.6) is 11.5 Å². The van der Waals surface area contributed by atoms with Crippen LogP contribution >= 0.6 is 11.3 Å². The van der Waals surface area contributed by atoms with E-state index in [4.69, 9.17) is 9.47 Å². The second-order valence-electron chi connectivity index (χ2n) is 6.17. The molecule has 26 heavy (non-hydrogen) atoms. The van der Waals surface area contributed by atoms with Gasteiger partial charge in [0.25, 0.3) is 5.91 Å². The summed E-state index contributed by atoms with van der Waals surface area (Å²) in [6, 6.07) is 9.39. The van der Waals surface area contributed by atoms with Crippen LogP contribution in [0.3, 0.4) is 0 Å².